The van der Waals surface area contributed by atoms with Gasteiger partial charge in [-0.25, -0.2) is 0 Å². The Labute approximate surface area is 82.7 Å². The van der Waals surface area contributed by atoms with Crippen molar-refractivity contribution in [3.8, 4) is 0 Å². The maximum atomic E-state index is 9.76. The zero-order valence-corrected chi connectivity index (χ0v) is 8.53. The SMILES string of the molecule is CCC1(O)CN(Cc2nc(C)no2)C1. The van der Waals surface area contributed by atoms with Crippen molar-refractivity contribution in [1.29, 1.82) is 0 Å². The molecule has 0 spiro atoms. The maximum Gasteiger partial charge on any atom is 0.240 e. The number of β-amino-alcohol motifs (C(OH)–C–C–N with tert-alkyl or cyclic N) is 1. The minimum absolute atomic E-state index is 0.491. The van der Waals surface area contributed by atoms with Crippen LogP contribution in [0.15, 0.2) is 4.52 Å². The zero-order chi connectivity index (χ0) is 10.2. The highest BCUT2D eigenvalue weighted by atomic mass is 16.5. The van der Waals surface area contributed by atoms with E-state index in [1.807, 2.05) is 6.92 Å². The van der Waals surface area contributed by atoms with Gasteiger partial charge in [0.15, 0.2) is 5.82 Å². The number of likely N-dealkylation sites (tertiary alicyclic amines) is 1. The lowest BCUT2D eigenvalue weighted by molar-refractivity contribution is -0.106. The van der Waals surface area contributed by atoms with Gasteiger partial charge in [-0.15, -0.1) is 0 Å². The first-order valence-corrected chi connectivity index (χ1v) is 4.85. The lowest BCUT2D eigenvalue weighted by atomic mass is 9.91. The van der Waals surface area contributed by atoms with E-state index in [2.05, 4.69) is 15.0 Å². The number of rotatable bonds is 3. The fourth-order valence-electron chi connectivity index (χ4n) is 1.72. The first-order chi connectivity index (χ1) is 6.61. The minimum Gasteiger partial charge on any atom is -0.387 e. The molecule has 2 rings (SSSR count). The summed E-state index contributed by atoms with van der Waals surface area (Å²) in [6, 6.07) is 0. The van der Waals surface area contributed by atoms with Gasteiger partial charge in [-0.2, -0.15) is 4.98 Å². The molecule has 14 heavy (non-hydrogen) atoms. The maximum absolute atomic E-state index is 9.76. The monoisotopic (exact) mass is 197 g/mol. The van der Waals surface area contributed by atoms with Gasteiger partial charge >= 0.3 is 0 Å². The quantitative estimate of drug-likeness (QED) is 0.756. The molecule has 1 aliphatic rings. The molecule has 2 heterocycles. The van der Waals surface area contributed by atoms with Gasteiger partial charge in [0, 0.05) is 13.1 Å². The molecule has 0 atom stereocenters. The van der Waals surface area contributed by atoms with Gasteiger partial charge in [0.25, 0.3) is 0 Å². The van der Waals surface area contributed by atoms with E-state index < -0.39 is 5.60 Å². The number of hydrogen-bond acceptors (Lipinski definition) is 5. The van der Waals surface area contributed by atoms with E-state index >= 15 is 0 Å². The Balaban J connectivity index is 1.85. The second-order valence-electron chi connectivity index (χ2n) is 3.96. The summed E-state index contributed by atoms with van der Waals surface area (Å²) in [6.45, 7) is 5.83. The Kier molecular flexibility index (Phi) is 2.28. The summed E-state index contributed by atoms with van der Waals surface area (Å²) < 4.78 is 4.99. The van der Waals surface area contributed by atoms with E-state index in [0.29, 0.717) is 31.3 Å². The van der Waals surface area contributed by atoms with E-state index in [1.165, 1.54) is 0 Å². The standard InChI is InChI=1S/C9H15N3O2/c1-3-9(13)5-12(6-9)4-8-10-7(2)11-14-8/h13H,3-6H2,1-2H3. The highest BCUT2D eigenvalue weighted by molar-refractivity contribution is 4.96. The molecule has 1 aromatic rings. The first-order valence-electron chi connectivity index (χ1n) is 4.85. The van der Waals surface area contributed by atoms with Gasteiger partial charge in [-0.1, -0.05) is 12.1 Å². The molecule has 1 fully saturated rings. The molecule has 0 radical (unpaired) electrons. The molecule has 0 amide bonds. The highest BCUT2D eigenvalue weighted by Crippen LogP contribution is 2.25. The van der Waals surface area contributed by atoms with Crippen molar-refractivity contribution < 1.29 is 9.63 Å². The fourth-order valence-corrected chi connectivity index (χ4v) is 1.72. The van der Waals surface area contributed by atoms with Crippen LogP contribution in [-0.2, 0) is 6.54 Å². The van der Waals surface area contributed by atoms with Gasteiger partial charge < -0.3 is 9.63 Å². The Bertz CT molecular complexity index is 318. The van der Waals surface area contributed by atoms with Crippen LogP contribution in [0.25, 0.3) is 0 Å². The van der Waals surface area contributed by atoms with Crippen LogP contribution in [0.2, 0.25) is 0 Å². The Morgan fingerprint density at radius 2 is 2.29 bits per heavy atom. The fraction of sp³-hybridized carbons (Fsp3) is 0.778. The second-order valence-corrected chi connectivity index (χ2v) is 3.96. The molecular formula is C9H15N3O2. The van der Waals surface area contributed by atoms with Crippen LogP contribution < -0.4 is 0 Å². The van der Waals surface area contributed by atoms with Crippen LogP contribution in [-0.4, -0.2) is 38.8 Å². The number of aryl methyl sites for hydroxylation is 1. The van der Waals surface area contributed by atoms with Crippen molar-refractivity contribution in [3.63, 3.8) is 0 Å². The van der Waals surface area contributed by atoms with E-state index in [1.54, 1.807) is 6.92 Å². The normalized spacial score (nSPS) is 20.8. The van der Waals surface area contributed by atoms with Crippen LogP contribution in [0.4, 0.5) is 0 Å². The lowest BCUT2D eigenvalue weighted by Gasteiger charge is -2.45. The van der Waals surface area contributed by atoms with E-state index in [0.717, 1.165) is 6.42 Å². The van der Waals surface area contributed by atoms with Gasteiger partial charge in [-0.3, -0.25) is 4.90 Å². The summed E-state index contributed by atoms with van der Waals surface area (Å²) in [5.74, 6) is 1.28. The molecule has 5 heteroatoms. The Hall–Kier alpha value is -0.940. The van der Waals surface area contributed by atoms with Crippen molar-refractivity contribution in [2.24, 2.45) is 0 Å². The molecule has 1 N–H and O–H groups in total. The number of aromatic nitrogens is 2. The Morgan fingerprint density at radius 1 is 1.57 bits per heavy atom. The molecule has 5 nitrogen and oxygen atoms in total. The average Bonchev–Trinajstić information content (AvgIpc) is 2.48. The third kappa shape index (κ3) is 1.78. The van der Waals surface area contributed by atoms with Crippen molar-refractivity contribution >= 4 is 0 Å². The molecule has 1 aromatic heterocycles. The summed E-state index contributed by atoms with van der Waals surface area (Å²) in [7, 11) is 0. The average molecular weight is 197 g/mol. The van der Waals surface area contributed by atoms with Gasteiger partial charge in [0.05, 0.1) is 12.1 Å². The van der Waals surface area contributed by atoms with E-state index in [-0.39, 0.29) is 0 Å². The molecule has 0 aliphatic carbocycles. The topological polar surface area (TPSA) is 62.4 Å². The molecule has 0 aromatic carbocycles. The number of nitrogens with zero attached hydrogens (tertiary/aromatic N) is 3. The predicted octanol–water partition coefficient (Wildman–Crippen LogP) is 0.335. The molecule has 78 valence electrons. The van der Waals surface area contributed by atoms with Crippen LogP contribution in [0.5, 0.6) is 0 Å². The van der Waals surface area contributed by atoms with Crippen LogP contribution in [0.3, 0.4) is 0 Å². The summed E-state index contributed by atoms with van der Waals surface area (Å²) in [5.41, 5.74) is -0.491. The first kappa shape index (κ1) is 9.61. The minimum atomic E-state index is -0.491. The largest absolute Gasteiger partial charge is 0.387 e. The molecule has 1 aliphatic heterocycles. The third-order valence-electron chi connectivity index (χ3n) is 2.62. The molecular weight excluding hydrogens is 182 g/mol. The number of hydrogen-bond donors (Lipinski definition) is 1. The van der Waals surface area contributed by atoms with Crippen LogP contribution in [0, 0.1) is 6.92 Å². The summed E-state index contributed by atoms with van der Waals surface area (Å²) in [4.78, 5) is 6.20. The van der Waals surface area contributed by atoms with Crippen LogP contribution >= 0.6 is 0 Å². The molecule has 0 bridgehead atoms. The summed E-state index contributed by atoms with van der Waals surface area (Å²) in [5, 5.41) is 13.5. The van der Waals surface area contributed by atoms with E-state index in [9.17, 15) is 5.11 Å². The van der Waals surface area contributed by atoms with Crippen molar-refractivity contribution in [2.45, 2.75) is 32.4 Å². The summed E-state index contributed by atoms with van der Waals surface area (Å²) >= 11 is 0. The van der Waals surface area contributed by atoms with Crippen molar-refractivity contribution in [1.82, 2.24) is 15.0 Å². The lowest BCUT2D eigenvalue weighted by Crippen LogP contribution is -2.60. The van der Waals surface area contributed by atoms with Crippen molar-refractivity contribution in [3.05, 3.63) is 11.7 Å². The number of aliphatic hydroxyl groups is 1. The second kappa shape index (κ2) is 3.33. The third-order valence-corrected chi connectivity index (χ3v) is 2.62. The zero-order valence-electron chi connectivity index (χ0n) is 8.53. The van der Waals surface area contributed by atoms with E-state index in [4.69, 9.17) is 4.52 Å². The van der Waals surface area contributed by atoms with Crippen LogP contribution in [0.1, 0.15) is 25.1 Å². The highest BCUT2D eigenvalue weighted by Gasteiger charge is 2.39. The predicted molar refractivity (Wildman–Crippen MR) is 49.6 cm³/mol. The Morgan fingerprint density at radius 3 is 2.79 bits per heavy atom. The van der Waals surface area contributed by atoms with Gasteiger partial charge in [-0.05, 0) is 13.3 Å². The van der Waals surface area contributed by atoms with Gasteiger partial charge in [0.1, 0.15) is 0 Å². The van der Waals surface area contributed by atoms with Gasteiger partial charge in [0.2, 0.25) is 5.89 Å². The molecule has 0 unspecified atom stereocenters. The summed E-state index contributed by atoms with van der Waals surface area (Å²) in [6.07, 6.45) is 0.798. The smallest absolute Gasteiger partial charge is 0.240 e. The van der Waals surface area contributed by atoms with Crippen molar-refractivity contribution in [2.75, 3.05) is 13.1 Å². The molecule has 0 saturated carbocycles. The molecule has 1 saturated heterocycles.